The molecule has 0 bridgehead atoms. The lowest BCUT2D eigenvalue weighted by Crippen LogP contribution is -1.98. The largest absolute Gasteiger partial charge is 0.292 e. The maximum absolute atomic E-state index is 5.34. The Hall–Kier alpha value is -6.91. The quantitative estimate of drug-likeness (QED) is 0.174. The zero-order valence-corrected chi connectivity index (χ0v) is 27.6. The molecular formula is C47H30N4. The van der Waals surface area contributed by atoms with Crippen LogP contribution in [0.3, 0.4) is 0 Å². The van der Waals surface area contributed by atoms with Gasteiger partial charge in [-0.05, 0) is 71.1 Å². The molecule has 0 N–H and O–H groups in total. The summed E-state index contributed by atoms with van der Waals surface area (Å²) >= 11 is 0. The van der Waals surface area contributed by atoms with Crippen molar-refractivity contribution in [3.05, 3.63) is 182 Å². The summed E-state index contributed by atoms with van der Waals surface area (Å²) in [4.78, 5) is 15.5. The summed E-state index contributed by atoms with van der Waals surface area (Å²) in [6.45, 7) is 0. The predicted octanol–water partition coefficient (Wildman–Crippen LogP) is 11.9. The summed E-state index contributed by atoms with van der Waals surface area (Å²) in [5, 5.41) is 4.47. The van der Waals surface area contributed by atoms with Gasteiger partial charge in [0.15, 0.2) is 0 Å². The fourth-order valence-electron chi connectivity index (χ4n) is 7.36. The van der Waals surface area contributed by atoms with E-state index in [1.54, 1.807) is 0 Å². The van der Waals surface area contributed by atoms with Gasteiger partial charge in [0.05, 0.1) is 33.5 Å². The van der Waals surface area contributed by atoms with Crippen molar-refractivity contribution in [2.45, 2.75) is 0 Å². The zero-order chi connectivity index (χ0) is 33.7. The number of fused-ring (bicyclic) bond motifs is 6. The Balaban J connectivity index is 1.17. The SMILES string of the molecule is c1ccc(-c2ccc3c(ccc4c5cc(-c6cccc(-n7c(-c8ccccc8)nc8ccccc87)c6)ccc5nc(-c5ccccc5)c34)n2)cc1. The van der Waals surface area contributed by atoms with Crippen molar-refractivity contribution >= 4 is 43.6 Å². The van der Waals surface area contributed by atoms with Crippen LogP contribution in [0.25, 0.3) is 94.3 Å². The molecule has 0 aliphatic carbocycles. The molecule has 0 saturated carbocycles. The Morgan fingerprint density at radius 2 is 0.980 bits per heavy atom. The molecule has 10 aromatic rings. The normalized spacial score (nSPS) is 11.5. The van der Waals surface area contributed by atoms with Gasteiger partial charge in [-0.3, -0.25) is 4.57 Å². The molecule has 0 fully saturated rings. The maximum atomic E-state index is 5.34. The molecule has 0 aliphatic rings. The van der Waals surface area contributed by atoms with Crippen LogP contribution in [-0.2, 0) is 0 Å². The van der Waals surface area contributed by atoms with E-state index in [0.29, 0.717) is 0 Å². The fourth-order valence-corrected chi connectivity index (χ4v) is 7.36. The molecule has 3 aromatic heterocycles. The van der Waals surface area contributed by atoms with Crippen molar-refractivity contribution in [1.29, 1.82) is 0 Å². The average Bonchev–Trinajstić information content (AvgIpc) is 3.61. The smallest absolute Gasteiger partial charge is 0.145 e. The summed E-state index contributed by atoms with van der Waals surface area (Å²) in [5.74, 6) is 0.923. The molecule has 10 rings (SSSR count). The van der Waals surface area contributed by atoms with E-state index in [0.717, 1.165) is 94.3 Å². The number of benzene rings is 7. The van der Waals surface area contributed by atoms with Crippen molar-refractivity contribution in [3.8, 4) is 50.7 Å². The van der Waals surface area contributed by atoms with E-state index in [4.69, 9.17) is 15.0 Å². The molecule has 0 saturated heterocycles. The molecule has 3 heterocycles. The first-order chi connectivity index (χ1) is 25.3. The van der Waals surface area contributed by atoms with Gasteiger partial charge in [-0.2, -0.15) is 0 Å². The van der Waals surface area contributed by atoms with E-state index < -0.39 is 0 Å². The standard InChI is InChI=1S/C47H30N4/c1-4-13-31(14-5-1)40-27-25-38-41(48-40)28-24-37-39-30-35(23-26-42(39)49-46(45(37)38)32-15-6-2-7-16-32)34-19-12-20-36(29-34)51-44-22-11-10-21-43(44)50-47(51)33-17-8-3-9-18-33/h1-30H. The van der Waals surface area contributed by atoms with Crippen LogP contribution in [0.2, 0.25) is 0 Å². The Morgan fingerprint density at radius 3 is 1.78 bits per heavy atom. The molecule has 51 heavy (non-hydrogen) atoms. The second kappa shape index (κ2) is 11.9. The summed E-state index contributed by atoms with van der Waals surface area (Å²) < 4.78 is 2.27. The van der Waals surface area contributed by atoms with Gasteiger partial charge in [0.25, 0.3) is 0 Å². The molecule has 0 unspecified atom stereocenters. The van der Waals surface area contributed by atoms with Crippen LogP contribution in [0.5, 0.6) is 0 Å². The van der Waals surface area contributed by atoms with Crippen LogP contribution in [0.4, 0.5) is 0 Å². The molecule has 4 heteroatoms. The third kappa shape index (κ3) is 4.96. The van der Waals surface area contributed by atoms with Gasteiger partial charge in [-0.15, -0.1) is 0 Å². The van der Waals surface area contributed by atoms with Gasteiger partial charge in [0.1, 0.15) is 5.82 Å². The van der Waals surface area contributed by atoms with Crippen molar-refractivity contribution in [3.63, 3.8) is 0 Å². The van der Waals surface area contributed by atoms with Crippen LogP contribution in [0.15, 0.2) is 182 Å². The summed E-state index contributed by atoms with van der Waals surface area (Å²) in [7, 11) is 0. The first-order valence-corrected chi connectivity index (χ1v) is 17.2. The minimum Gasteiger partial charge on any atom is -0.292 e. The number of pyridine rings is 2. The number of imidazole rings is 1. The van der Waals surface area contributed by atoms with Crippen molar-refractivity contribution in [2.75, 3.05) is 0 Å². The van der Waals surface area contributed by atoms with Gasteiger partial charge < -0.3 is 0 Å². The summed E-state index contributed by atoms with van der Waals surface area (Å²) in [6, 6.07) is 63.7. The molecule has 0 spiro atoms. The second-order valence-electron chi connectivity index (χ2n) is 12.9. The molecule has 0 aliphatic heterocycles. The Kier molecular flexibility index (Phi) is 6.78. The van der Waals surface area contributed by atoms with Gasteiger partial charge in [-0.1, -0.05) is 127 Å². The average molecular weight is 651 g/mol. The van der Waals surface area contributed by atoms with Crippen molar-refractivity contribution in [1.82, 2.24) is 19.5 Å². The van der Waals surface area contributed by atoms with Gasteiger partial charge >= 0.3 is 0 Å². The number of para-hydroxylation sites is 2. The molecular weight excluding hydrogens is 621 g/mol. The lowest BCUT2D eigenvalue weighted by atomic mass is 9.94. The van der Waals surface area contributed by atoms with Crippen molar-refractivity contribution in [2.24, 2.45) is 0 Å². The first-order valence-electron chi connectivity index (χ1n) is 17.2. The van der Waals surface area contributed by atoms with E-state index in [2.05, 4.69) is 162 Å². The van der Waals surface area contributed by atoms with E-state index in [9.17, 15) is 0 Å². The molecule has 0 amide bonds. The van der Waals surface area contributed by atoms with E-state index >= 15 is 0 Å². The molecule has 0 atom stereocenters. The minimum absolute atomic E-state index is 0.923. The predicted molar refractivity (Wildman–Crippen MR) is 211 cm³/mol. The highest BCUT2D eigenvalue weighted by molar-refractivity contribution is 6.21. The first kappa shape index (κ1) is 29.0. The topological polar surface area (TPSA) is 43.6 Å². The Bertz CT molecular complexity index is 2900. The second-order valence-corrected chi connectivity index (χ2v) is 12.9. The number of hydrogen-bond donors (Lipinski definition) is 0. The highest BCUT2D eigenvalue weighted by atomic mass is 15.1. The lowest BCUT2D eigenvalue weighted by Gasteiger charge is -2.15. The zero-order valence-electron chi connectivity index (χ0n) is 27.6. The number of nitrogens with zero attached hydrogens (tertiary/aromatic N) is 4. The van der Waals surface area contributed by atoms with Crippen LogP contribution in [-0.4, -0.2) is 19.5 Å². The Morgan fingerprint density at radius 1 is 0.353 bits per heavy atom. The van der Waals surface area contributed by atoms with E-state index in [1.165, 1.54) is 0 Å². The number of hydrogen-bond acceptors (Lipinski definition) is 3. The van der Waals surface area contributed by atoms with E-state index in [-0.39, 0.29) is 0 Å². The summed E-state index contributed by atoms with van der Waals surface area (Å²) in [5.41, 5.74) is 12.5. The monoisotopic (exact) mass is 650 g/mol. The minimum atomic E-state index is 0.923. The third-order valence-electron chi connectivity index (χ3n) is 9.77. The number of aromatic nitrogens is 4. The van der Waals surface area contributed by atoms with Crippen LogP contribution in [0, 0.1) is 0 Å². The van der Waals surface area contributed by atoms with Crippen molar-refractivity contribution < 1.29 is 0 Å². The fraction of sp³-hybridized carbons (Fsp3) is 0. The Labute approximate surface area is 295 Å². The van der Waals surface area contributed by atoms with Crippen LogP contribution < -0.4 is 0 Å². The van der Waals surface area contributed by atoms with Gasteiger partial charge in [0.2, 0.25) is 0 Å². The number of rotatable bonds is 5. The van der Waals surface area contributed by atoms with Crippen LogP contribution >= 0.6 is 0 Å². The molecule has 0 radical (unpaired) electrons. The van der Waals surface area contributed by atoms with Gasteiger partial charge in [-0.25, -0.2) is 15.0 Å². The maximum Gasteiger partial charge on any atom is 0.145 e. The lowest BCUT2D eigenvalue weighted by molar-refractivity contribution is 1.10. The van der Waals surface area contributed by atoms with E-state index in [1.807, 2.05) is 24.3 Å². The summed E-state index contributed by atoms with van der Waals surface area (Å²) in [6.07, 6.45) is 0. The van der Waals surface area contributed by atoms with Crippen LogP contribution in [0.1, 0.15) is 0 Å². The third-order valence-corrected chi connectivity index (χ3v) is 9.77. The highest BCUT2D eigenvalue weighted by Gasteiger charge is 2.17. The molecule has 238 valence electrons. The molecule has 7 aromatic carbocycles. The molecule has 4 nitrogen and oxygen atoms in total. The van der Waals surface area contributed by atoms with Gasteiger partial charge in [0, 0.05) is 38.5 Å². The highest BCUT2D eigenvalue weighted by Crippen LogP contribution is 2.39.